The van der Waals surface area contributed by atoms with E-state index in [2.05, 4.69) is 5.10 Å². The molecule has 0 saturated heterocycles. The number of hydrogen-bond donors (Lipinski definition) is 0. The molecule has 0 aliphatic rings. The Morgan fingerprint density at radius 2 is 1.78 bits per heavy atom. The topological polar surface area (TPSA) is 92.4 Å². The molecule has 12 heteroatoms. The second-order valence-electron chi connectivity index (χ2n) is 11.7. The summed E-state index contributed by atoms with van der Waals surface area (Å²) in [6, 6.07) is 22.7. The van der Waals surface area contributed by atoms with Crippen LogP contribution in [0.25, 0.3) is 22.2 Å². The average molecular weight is 716 g/mol. The molecule has 2 heterocycles. The van der Waals surface area contributed by atoms with Crippen molar-refractivity contribution in [2.24, 2.45) is 0 Å². The summed E-state index contributed by atoms with van der Waals surface area (Å²) in [7, 11) is -4.01. The number of carbonyl (C=O) groups excluding carboxylic acids is 1. The molecule has 8 nitrogen and oxygen atoms in total. The standard InChI is InChI=1S/C38H35F2N3O5S2/c1-5-47-36(44)16-13-26-10-8-11-27(21-26)25(3)43-33(17-19-41-43)30-22-28(14-15-31(30)39)48-37-32(40)23-34-29(38(37)49-4)18-20-42(34)50(45,46)35-12-7-6-9-24(35)2/h6-12,14-15,17-23,25H,5,13,16H2,1-4H3. The summed E-state index contributed by atoms with van der Waals surface area (Å²) in [4.78, 5) is 12.4. The van der Waals surface area contributed by atoms with Crippen molar-refractivity contribution in [2.75, 3.05) is 12.9 Å². The number of hydrogen-bond acceptors (Lipinski definition) is 7. The van der Waals surface area contributed by atoms with Crippen molar-refractivity contribution in [3.63, 3.8) is 0 Å². The van der Waals surface area contributed by atoms with Gasteiger partial charge in [-0.2, -0.15) is 5.10 Å². The first kappa shape index (κ1) is 34.9. The van der Waals surface area contributed by atoms with Gasteiger partial charge in [0.1, 0.15) is 11.6 Å². The first-order valence-electron chi connectivity index (χ1n) is 16.0. The van der Waals surface area contributed by atoms with Crippen LogP contribution in [0.5, 0.6) is 11.5 Å². The van der Waals surface area contributed by atoms with Crippen LogP contribution in [0.3, 0.4) is 0 Å². The Labute approximate surface area is 293 Å². The average Bonchev–Trinajstić information content (AvgIpc) is 3.77. The van der Waals surface area contributed by atoms with E-state index >= 15 is 8.78 Å². The minimum atomic E-state index is -4.01. The van der Waals surface area contributed by atoms with Gasteiger partial charge in [-0.25, -0.2) is 21.2 Å². The largest absolute Gasteiger partial charge is 0.466 e. The molecule has 6 aromatic rings. The molecule has 2 aromatic heterocycles. The van der Waals surface area contributed by atoms with Crippen molar-refractivity contribution in [3.05, 3.63) is 126 Å². The second kappa shape index (κ2) is 14.5. The first-order valence-corrected chi connectivity index (χ1v) is 18.6. The Morgan fingerprint density at radius 3 is 2.54 bits per heavy atom. The van der Waals surface area contributed by atoms with Gasteiger partial charge in [-0.15, -0.1) is 11.8 Å². The number of esters is 1. The number of nitrogens with zero attached hydrogens (tertiary/aromatic N) is 3. The van der Waals surface area contributed by atoms with Crippen molar-refractivity contribution >= 4 is 38.7 Å². The van der Waals surface area contributed by atoms with Gasteiger partial charge in [0, 0.05) is 35.8 Å². The molecule has 0 N–H and O–H groups in total. The fourth-order valence-electron chi connectivity index (χ4n) is 5.98. The highest BCUT2D eigenvalue weighted by atomic mass is 32.2. The van der Waals surface area contributed by atoms with Crippen LogP contribution in [0.2, 0.25) is 0 Å². The fourth-order valence-corrected chi connectivity index (χ4v) is 8.27. The monoisotopic (exact) mass is 715 g/mol. The normalized spacial score (nSPS) is 12.3. The molecule has 6 rings (SSSR count). The Morgan fingerprint density at radius 1 is 0.980 bits per heavy atom. The van der Waals surface area contributed by atoms with Crippen molar-refractivity contribution < 1.29 is 31.5 Å². The number of rotatable bonds is 12. The molecule has 0 aliphatic heterocycles. The van der Waals surface area contributed by atoms with Crippen molar-refractivity contribution in [3.8, 4) is 22.8 Å². The first-order chi connectivity index (χ1) is 24.0. The van der Waals surface area contributed by atoms with Gasteiger partial charge in [-0.05, 0) is 86.5 Å². The van der Waals surface area contributed by atoms with Crippen LogP contribution in [-0.2, 0) is 26.0 Å². The van der Waals surface area contributed by atoms with Gasteiger partial charge in [0.25, 0.3) is 10.0 Å². The number of halogens is 2. The lowest BCUT2D eigenvalue weighted by Crippen LogP contribution is -2.13. The number of aryl methyl sites for hydroxylation is 2. The summed E-state index contributed by atoms with van der Waals surface area (Å²) in [6.45, 7) is 5.75. The molecular weight excluding hydrogens is 681 g/mol. The lowest BCUT2D eigenvalue weighted by molar-refractivity contribution is -0.143. The van der Waals surface area contributed by atoms with Crippen molar-refractivity contribution in [1.82, 2.24) is 13.8 Å². The Bertz CT molecular complexity index is 2320. The van der Waals surface area contributed by atoms with Gasteiger partial charge < -0.3 is 9.47 Å². The lowest BCUT2D eigenvalue weighted by atomic mass is 10.0. The van der Waals surface area contributed by atoms with E-state index in [0.29, 0.717) is 34.6 Å². The molecule has 0 saturated carbocycles. The Balaban J connectivity index is 1.31. The van der Waals surface area contributed by atoms with Gasteiger partial charge in [-0.1, -0.05) is 42.5 Å². The van der Waals surface area contributed by atoms with Crippen LogP contribution in [0, 0.1) is 18.6 Å². The van der Waals surface area contributed by atoms with Gasteiger partial charge in [0.15, 0.2) is 11.6 Å². The minimum absolute atomic E-state index is 0.102. The van der Waals surface area contributed by atoms with E-state index in [4.69, 9.17) is 9.47 Å². The van der Waals surface area contributed by atoms with Gasteiger partial charge in [-0.3, -0.25) is 9.48 Å². The zero-order chi connectivity index (χ0) is 35.6. The summed E-state index contributed by atoms with van der Waals surface area (Å²) in [5.74, 6) is -1.46. The zero-order valence-electron chi connectivity index (χ0n) is 27.9. The highest BCUT2D eigenvalue weighted by Gasteiger charge is 2.25. The van der Waals surface area contributed by atoms with Crippen LogP contribution >= 0.6 is 11.8 Å². The molecule has 0 bridgehead atoms. The van der Waals surface area contributed by atoms with Crippen molar-refractivity contribution in [2.45, 2.75) is 49.4 Å². The minimum Gasteiger partial charge on any atom is -0.466 e. The van der Waals surface area contributed by atoms with E-state index < -0.39 is 21.7 Å². The summed E-state index contributed by atoms with van der Waals surface area (Å²) >= 11 is 1.21. The van der Waals surface area contributed by atoms with E-state index in [1.807, 2.05) is 31.2 Å². The van der Waals surface area contributed by atoms with Gasteiger partial charge >= 0.3 is 5.97 Å². The Kier molecular flexibility index (Phi) is 10.1. The highest BCUT2D eigenvalue weighted by Crippen LogP contribution is 2.42. The lowest BCUT2D eigenvalue weighted by Gasteiger charge is -2.18. The zero-order valence-corrected chi connectivity index (χ0v) is 29.5. The third-order valence-electron chi connectivity index (χ3n) is 8.48. The van der Waals surface area contributed by atoms with E-state index in [9.17, 15) is 13.2 Å². The third-order valence-corrected chi connectivity index (χ3v) is 11.1. The van der Waals surface area contributed by atoms with Crippen LogP contribution in [-0.4, -0.2) is 41.0 Å². The maximum Gasteiger partial charge on any atom is 0.306 e. The van der Waals surface area contributed by atoms with Crippen molar-refractivity contribution in [1.29, 1.82) is 0 Å². The maximum atomic E-state index is 15.9. The number of benzene rings is 4. The number of carbonyl (C=O) groups is 1. The fraction of sp³-hybridized carbons (Fsp3) is 0.211. The predicted molar refractivity (Wildman–Crippen MR) is 190 cm³/mol. The molecule has 0 amide bonds. The Hall–Kier alpha value is -4.94. The molecular formula is C38H35F2N3O5S2. The van der Waals surface area contributed by atoms with Crippen LogP contribution in [0.15, 0.2) is 107 Å². The van der Waals surface area contributed by atoms with E-state index in [-0.39, 0.29) is 45.9 Å². The summed E-state index contributed by atoms with van der Waals surface area (Å²) < 4.78 is 72.5. The van der Waals surface area contributed by atoms with Gasteiger partial charge in [0.05, 0.1) is 33.7 Å². The number of aromatic nitrogens is 3. The molecule has 50 heavy (non-hydrogen) atoms. The number of thioether (sulfide) groups is 1. The van der Waals surface area contributed by atoms with E-state index in [1.165, 1.54) is 42.2 Å². The van der Waals surface area contributed by atoms with Crippen LogP contribution < -0.4 is 4.74 Å². The van der Waals surface area contributed by atoms with E-state index in [0.717, 1.165) is 21.2 Å². The second-order valence-corrected chi connectivity index (χ2v) is 14.3. The number of ether oxygens (including phenoxy) is 2. The molecule has 1 atom stereocenters. The maximum absolute atomic E-state index is 15.9. The molecule has 1 unspecified atom stereocenters. The number of fused-ring (bicyclic) bond motifs is 1. The highest BCUT2D eigenvalue weighted by molar-refractivity contribution is 7.99. The van der Waals surface area contributed by atoms with E-state index in [1.54, 1.807) is 61.3 Å². The molecule has 0 radical (unpaired) electrons. The molecule has 0 fully saturated rings. The predicted octanol–water partition coefficient (Wildman–Crippen LogP) is 8.95. The van der Waals surface area contributed by atoms with Crippen LogP contribution in [0.1, 0.15) is 43.0 Å². The summed E-state index contributed by atoms with van der Waals surface area (Å²) in [5.41, 5.74) is 3.31. The SMILES string of the molecule is CCOC(=O)CCc1cccc(C(C)n2nccc2-c2cc(Oc3c(F)cc4c(ccn4S(=O)(=O)c4ccccc4C)c3SC)ccc2F)c1. The smallest absolute Gasteiger partial charge is 0.306 e. The third kappa shape index (κ3) is 6.77. The summed E-state index contributed by atoms with van der Waals surface area (Å²) in [6.07, 6.45) is 5.52. The van der Waals surface area contributed by atoms with Gasteiger partial charge in [0.2, 0.25) is 0 Å². The molecule has 0 spiro atoms. The van der Waals surface area contributed by atoms with Crippen LogP contribution in [0.4, 0.5) is 8.78 Å². The molecule has 258 valence electrons. The molecule has 0 aliphatic carbocycles. The summed E-state index contributed by atoms with van der Waals surface area (Å²) in [5, 5.41) is 4.99. The molecule has 4 aromatic carbocycles. The quantitative estimate of drug-likeness (QED) is 0.0923.